The molecule has 33 heavy (non-hydrogen) atoms. The van der Waals surface area contributed by atoms with Crippen LogP contribution >= 0.6 is 7.26 Å². The van der Waals surface area contributed by atoms with Crippen molar-refractivity contribution in [3.63, 3.8) is 0 Å². The Labute approximate surface area is 201 Å². The zero-order valence-corrected chi connectivity index (χ0v) is 22.8. The number of aryl methyl sites for hydroxylation is 5. The topological polar surface area (TPSA) is 58.2 Å². The van der Waals surface area contributed by atoms with Gasteiger partial charge < -0.3 is 0 Å². The summed E-state index contributed by atoms with van der Waals surface area (Å²) in [4.78, 5) is 27.0. The van der Waals surface area contributed by atoms with Gasteiger partial charge >= 0.3 is 201 Å². The Bertz CT molecular complexity index is 952. The van der Waals surface area contributed by atoms with Crippen molar-refractivity contribution in [1.29, 1.82) is 0 Å². The van der Waals surface area contributed by atoms with Crippen LogP contribution in [0.15, 0.2) is 30.3 Å². The summed E-state index contributed by atoms with van der Waals surface area (Å²) in [5.74, 6) is 0.126. The van der Waals surface area contributed by atoms with Gasteiger partial charge in [0.2, 0.25) is 0 Å². The molecule has 0 fully saturated rings. The van der Waals surface area contributed by atoms with Crippen LogP contribution in [0.3, 0.4) is 0 Å². The van der Waals surface area contributed by atoms with E-state index in [9.17, 15) is 9.59 Å². The van der Waals surface area contributed by atoms with Crippen molar-refractivity contribution >= 4 is 30.5 Å². The van der Waals surface area contributed by atoms with E-state index in [1.165, 1.54) is 5.56 Å². The van der Waals surface area contributed by atoms with E-state index in [1.807, 2.05) is 45.9 Å². The number of hydrogen-bond donors (Lipinski definition) is 2. The van der Waals surface area contributed by atoms with Gasteiger partial charge in [-0.1, -0.05) is 0 Å². The van der Waals surface area contributed by atoms with Gasteiger partial charge in [0.1, 0.15) is 0 Å². The van der Waals surface area contributed by atoms with Crippen molar-refractivity contribution in [2.24, 2.45) is 0 Å². The summed E-state index contributed by atoms with van der Waals surface area (Å²) >= 11 is 0. The van der Waals surface area contributed by atoms with Crippen molar-refractivity contribution < 1.29 is 9.59 Å². The number of carbonyl (C=O) groups excluding carboxylic acids is 2. The predicted molar refractivity (Wildman–Crippen MR) is 147 cm³/mol. The van der Waals surface area contributed by atoms with Crippen molar-refractivity contribution in [2.75, 3.05) is 29.1 Å². The Morgan fingerprint density at radius 3 is 1.82 bits per heavy atom. The second kappa shape index (κ2) is 11.8. The first-order chi connectivity index (χ1) is 15.6. The van der Waals surface area contributed by atoms with E-state index in [4.69, 9.17) is 0 Å². The zero-order chi connectivity index (χ0) is 24.8. The van der Waals surface area contributed by atoms with Crippen LogP contribution in [0.5, 0.6) is 0 Å². The monoisotopic (exact) mass is 470 g/mol. The average molecular weight is 471 g/mol. The molecule has 0 heterocycles. The van der Waals surface area contributed by atoms with Gasteiger partial charge in [-0.05, 0) is 0 Å². The van der Waals surface area contributed by atoms with Crippen LogP contribution in [-0.2, 0) is 9.59 Å². The average Bonchev–Trinajstić information content (AvgIpc) is 2.75. The summed E-state index contributed by atoms with van der Waals surface area (Å²) < 4.78 is 0. The summed E-state index contributed by atoms with van der Waals surface area (Å²) in [6.07, 6.45) is 4.04. The fourth-order valence-corrected chi connectivity index (χ4v) is 9.71. The number of hydrogen-bond acceptors (Lipinski definition) is 2. The SMILES string of the molecule is CCCC(C(=O)Nc1c(C)cc(C)cc1C)[PH](CC)(CC)CC(=O)Nc1c(C)cccc1C. The molecule has 0 aromatic heterocycles. The first-order valence-electron chi connectivity index (χ1n) is 12.3. The standard InChI is InChI=1S/C28H43N2O2P/c1-9-13-24(28(32)30-27-22(7)16-19(4)17-23(27)8)33(10-2,11-3)18-25(31)29-26-20(5)14-12-15-21(26)6/h12,14-17,24,33H,9-11,13,18H2,1-8H3,(H,29,31)(H,30,32). The van der Waals surface area contributed by atoms with E-state index >= 15 is 0 Å². The minimum atomic E-state index is -2.23. The molecule has 2 aromatic rings. The summed E-state index contributed by atoms with van der Waals surface area (Å²) in [6.45, 7) is 16.7. The van der Waals surface area contributed by atoms with Crippen molar-refractivity contribution in [3.8, 4) is 0 Å². The molecule has 2 amide bonds. The third-order valence-corrected chi connectivity index (χ3v) is 13.1. The van der Waals surface area contributed by atoms with Gasteiger partial charge in [0.25, 0.3) is 0 Å². The molecule has 0 bridgehead atoms. The quantitative estimate of drug-likeness (QED) is 0.377. The predicted octanol–water partition coefficient (Wildman–Crippen LogP) is 6.76. The number of para-hydroxylation sites is 1. The van der Waals surface area contributed by atoms with Crippen molar-refractivity contribution in [3.05, 3.63) is 58.1 Å². The van der Waals surface area contributed by atoms with Gasteiger partial charge in [0.05, 0.1) is 0 Å². The summed E-state index contributed by atoms with van der Waals surface area (Å²) in [7, 11) is -2.23. The second-order valence-electron chi connectivity index (χ2n) is 9.67. The van der Waals surface area contributed by atoms with E-state index < -0.39 is 7.26 Å². The van der Waals surface area contributed by atoms with Crippen LogP contribution in [0.2, 0.25) is 0 Å². The molecule has 1 unspecified atom stereocenters. The van der Waals surface area contributed by atoms with E-state index in [0.717, 1.165) is 58.8 Å². The Kier molecular flexibility index (Phi) is 9.67. The summed E-state index contributed by atoms with van der Waals surface area (Å²) in [5.41, 5.74) is 7.23. The summed E-state index contributed by atoms with van der Waals surface area (Å²) in [5, 5.41) is 6.45. The number of benzene rings is 2. The Morgan fingerprint density at radius 1 is 0.818 bits per heavy atom. The van der Waals surface area contributed by atoms with Crippen LogP contribution in [0, 0.1) is 34.6 Å². The van der Waals surface area contributed by atoms with Gasteiger partial charge in [-0.2, -0.15) is 0 Å². The molecule has 5 heteroatoms. The van der Waals surface area contributed by atoms with Crippen LogP contribution in [0.4, 0.5) is 11.4 Å². The number of amides is 2. The number of rotatable bonds is 10. The zero-order valence-electron chi connectivity index (χ0n) is 21.8. The molecule has 0 aliphatic carbocycles. The van der Waals surface area contributed by atoms with Crippen LogP contribution in [0.25, 0.3) is 0 Å². The molecular weight excluding hydrogens is 427 g/mol. The third-order valence-electron chi connectivity index (χ3n) is 7.22. The molecule has 0 radical (unpaired) electrons. The summed E-state index contributed by atoms with van der Waals surface area (Å²) in [6, 6.07) is 10.3. The molecule has 0 aliphatic heterocycles. The maximum atomic E-state index is 13.7. The molecule has 2 N–H and O–H groups in total. The van der Waals surface area contributed by atoms with Crippen LogP contribution < -0.4 is 10.6 Å². The van der Waals surface area contributed by atoms with Gasteiger partial charge in [0.15, 0.2) is 0 Å². The normalized spacial score (nSPS) is 12.8. The minimum absolute atomic E-state index is 0.0411. The fraction of sp³-hybridized carbons (Fsp3) is 0.500. The fourth-order valence-electron chi connectivity index (χ4n) is 5.22. The number of nitrogens with one attached hydrogen (secondary N) is 2. The molecule has 1 atom stereocenters. The molecule has 2 rings (SSSR count). The van der Waals surface area contributed by atoms with E-state index in [2.05, 4.69) is 50.5 Å². The molecule has 182 valence electrons. The first kappa shape index (κ1) is 27.1. The Morgan fingerprint density at radius 2 is 1.33 bits per heavy atom. The van der Waals surface area contributed by atoms with Gasteiger partial charge in [0, 0.05) is 0 Å². The Hall–Kier alpha value is -2.19. The third kappa shape index (κ3) is 6.44. The van der Waals surface area contributed by atoms with Gasteiger partial charge in [-0.3, -0.25) is 0 Å². The number of carbonyl (C=O) groups is 2. The molecule has 0 saturated carbocycles. The van der Waals surface area contributed by atoms with E-state index in [-0.39, 0.29) is 17.5 Å². The van der Waals surface area contributed by atoms with Crippen LogP contribution in [0.1, 0.15) is 61.4 Å². The van der Waals surface area contributed by atoms with Crippen LogP contribution in [-0.4, -0.2) is 36.0 Å². The van der Waals surface area contributed by atoms with Gasteiger partial charge in [-0.15, -0.1) is 0 Å². The molecule has 4 nitrogen and oxygen atoms in total. The molecule has 0 spiro atoms. The van der Waals surface area contributed by atoms with Crippen molar-refractivity contribution in [1.82, 2.24) is 0 Å². The molecule has 2 aromatic carbocycles. The maximum absolute atomic E-state index is 13.7. The van der Waals surface area contributed by atoms with E-state index in [0.29, 0.717) is 6.16 Å². The Balaban J connectivity index is 2.33. The van der Waals surface area contributed by atoms with Crippen molar-refractivity contribution in [2.45, 2.75) is 73.9 Å². The first-order valence-corrected chi connectivity index (χ1v) is 15.0. The van der Waals surface area contributed by atoms with Gasteiger partial charge in [-0.25, -0.2) is 0 Å². The molecular formula is C28H43N2O2P. The number of anilines is 2. The van der Waals surface area contributed by atoms with E-state index in [1.54, 1.807) is 0 Å². The molecule has 0 saturated heterocycles. The molecule has 0 aliphatic rings. The second-order valence-corrected chi connectivity index (χ2v) is 14.9.